The second-order valence-electron chi connectivity index (χ2n) is 5.26. The van der Waals surface area contributed by atoms with E-state index in [0.717, 1.165) is 37.9 Å². The number of aromatic nitrogens is 3. The second-order valence-corrected chi connectivity index (χ2v) is 5.26. The fourth-order valence-corrected chi connectivity index (χ4v) is 2.43. The molecule has 1 N–H and O–H groups in total. The topological polar surface area (TPSA) is 46.0 Å². The van der Waals surface area contributed by atoms with Gasteiger partial charge in [-0.25, -0.2) is 4.98 Å². The Morgan fingerprint density at radius 1 is 1.53 bits per heavy atom. The number of nitrogens with zero attached hydrogens (tertiary/aromatic N) is 4. The predicted octanol–water partition coefficient (Wildman–Crippen LogP) is 0.635. The Bertz CT molecular complexity index is 346. The van der Waals surface area contributed by atoms with E-state index < -0.39 is 0 Å². The van der Waals surface area contributed by atoms with Crippen LogP contribution >= 0.6 is 0 Å². The van der Waals surface area contributed by atoms with Gasteiger partial charge in [0.1, 0.15) is 12.2 Å². The third-order valence-electron chi connectivity index (χ3n) is 3.37. The van der Waals surface area contributed by atoms with Crippen molar-refractivity contribution >= 4 is 0 Å². The molecule has 96 valence electrons. The van der Waals surface area contributed by atoms with Crippen molar-refractivity contribution in [3.05, 3.63) is 12.2 Å². The zero-order valence-electron chi connectivity index (χ0n) is 11.1. The molecule has 1 aromatic rings. The summed E-state index contributed by atoms with van der Waals surface area (Å²) in [5.74, 6) is 1.79. The zero-order valence-corrected chi connectivity index (χ0v) is 11.1. The molecule has 5 nitrogen and oxygen atoms in total. The Hall–Kier alpha value is -0.940. The largest absolute Gasteiger partial charge is 0.314 e. The van der Waals surface area contributed by atoms with Gasteiger partial charge in [0.25, 0.3) is 0 Å². The summed E-state index contributed by atoms with van der Waals surface area (Å²) in [6.07, 6.45) is 2.87. The Morgan fingerprint density at radius 3 is 3.00 bits per heavy atom. The van der Waals surface area contributed by atoms with E-state index in [0.29, 0.717) is 6.04 Å². The summed E-state index contributed by atoms with van der Waals surface area (Å²) in [6.45, 7) is 8.76. The van der Waals surface area contributed by atoms with Crippen LogP contribution in [-0.2, 0) is 13.6 Å². The Kier molecular flexibility index (Phi) is 4.12. The molecule has 0 bridgehead atoms. The molecule has 17 heavy (non-hydrogen) atoms. The van der Waals surface area contributed by atoms with E-state index in [2.05, 4.69) is 34.1 Å². The minimum Gasteiger partial charge on any atom is -0.314 e. The molecule has 1 atom stereocenters. The maximum absolute atomic E-state index is 4.31. The van der Waals surface area contributed by atoms with Crippen LogP contribution in [0.1, 0.15) is 26.1 Å². The van der Waals surface area contributed by atoms with Crippen LogP contribution in [0.5, 0.6) is 0 Å². The molecule has 2 heterocycles. The molecular formula is C12H23N5. The molecule has 1 aromatic heterocycles. The lowest BCUT2D eigenvalue weighted by Crippen LogP contribution is -2.51. The summed E-state index contributed by atoms with van der Waals surface area (Å²) in [5.41, 5.74) is 0. The summed E-state index contributed by atoms with van der Waals surface area (Å²) < 4.78 is 1.87. The third kappa shape index (κ3) is 3.26. The first kappa shape index (κ1) is 12.5. The van der Waals surface area contributed by atoms with Gasteiger partial charge in [-0.1, -0.05) is 13.8 Å². The van der Waals surface area contributed by atoms with Gasteiger partial charge < -0.3 is 5.32 Å². The third-order valence-corrected chi connectivity index (χ3v) is 3.37. The van der Waals surface area contributed by atoms with Crippen LogP contribution in [0.4, 0.5) is 0 Å². The number of aryl methyl sites for hydroxylation is 1. The van der Waals surface area contributed by atoms with Crippen molar-refractivity contribution in [1.82, 2.24) is 25.0 Å². The molecule has 0 aromatic carbocycles. The highest BCUT2D eigenvalue weighted by atomic mass is 15.3. The first-order valence-corrected chi connectivity index (χ1v) is 6.44. The zero-order chi connectivity index (χ0) is 12.3. The molecule has 5 heteroatoms. The average molecular weight is 237 g/mol. The van der Waals surface area contributed by atoms with Crippen LogP contribution in [0.15, 0.2) is 6.33 Å². The summed E-state index contributed by atoms with van der Waals surface area (Å²) in [6, 6.07) is 0.625. The van der Waals surface area contributed by atoms with E-state index in [-0.39, 0.29) is 0 Å². The van der Waals surface area contributed by atoms with Crippen molar-refractivity contribution in [1.29, 1.82) is 0 Å². The van der Waals surface area contributed by atoms with E-state index in [1.54, 1.807) is 6.33 Å². The number of rotatable bonds is 4. The molecule has 0 radical (unpaired) electrons. The van der Waals surface area contributed by atoms with Crippen molar-refractivity contribution in [3.8, 4) is 0 Å². The van der Waals surface area contributed by atoms with Crippen molar-refractivity contribution in [3.63, 3.8) is 0 Å². The van der Waals surface area contributed by atoms with Crippen LogP contribution in [-0.4, -0.2) is 45.3 Å². The summed E-state index contributed by atoms with van der Waals surface area (Å²) >= 11 is 0. The Labute approximate surface area is 103 Å². The Balaban J connectivity index is 1.99. The smallest absolute Gasteiger partial charge is 0.140 e. The highest BCUT2D eigenvalue weighted by molar-refractivity contribution is 4.88. The van der Waals surface area contributed by atoms with Crippen molar-refractivity contribution in [2.24, 2.45) is 13.0 Å². The highest BCUT2D eigenvalue weighted by Gasteiger charge is 2.23. The van der Waals surface area contributed by atoms with Crippen LogP contribution in [0, 0.1) is 5.92 Å². The molecule has 1 saturated heterocycles. The summed E-state index contributed by atoms with van der Waals surface area (Å²) in [7, 11) is 1.96. The fraction of sp³-hybridized carbons (Fsp3) is 0.833. The first-order chi connectivity index (χ1) is 8.16. The molecule has 0 spiro atoms. The standard InChI is InChI=1S/C12H23N5/c1-10(2)6-11-7-13-4-5-17(11)8-12-14-9-15-16(12)3/h9-11,13H,4-8H2,1-3H3. The van der Waals surface area contributed by atoms with Gasteiger partial charge in [-0.2, -0.15) is 5.10 Å². The van der Waals surface area contributed by atoms with Gasteiger partial charge in [-0.05, 0) is 12.3 Å². The van der Waals surface area contributed by atoms with Gasteiger partial charge in [-0.3, -0.25) is 9.58 Å². The van der Waals surface area contributed by atoms with Crippen LogP contribution in [0.2, 0.25) is 0 Å². The molecule has 1 fully saturated rings. The first-order valence-electron chi connectivity index (χ1n) is 6.44. The van der Waals surface area contributed by atoms with Gasteiger partial charge in [0.15, 0.2) is 0 Å². The van der Waals surface area contributed by atoms with E-state index in [1.165, 1.54) is 6.42 Å². The van der Waals surface area contributed by atoms with Gasteiger partial charge in [-0.15, -0.1) is 0 Å². The number of hydrogen-bond donors (Lipinski definition) is 1. The SMILES string of the molecule is CC(C)CC1CNCCN1Cc1ncnn1C. The lowest BCUT2D eigenvalue weighted by atomic mass is 10.0. The predicted molar refractivity (Wildman–Crippen MR) is 67.5 cm³/mol. The van der Waals surface area contributed by atoms with E-state index in [1.807, 2.05) is 11.7 Å². The van der Waals surface area contributed by atoms with Crippen LogP contribution in [0.25, 0.3) is 0 Å². The van der Waals surface area contributed by atoms with Crippen molar-refractivity contribution < 1.29 is 0 Å². The van der Waals surface area contributed by atoms with E-state index >= 15 is 0 Å². The number of piperazine rings is 1. The maximum Gasteiger partial charge on any atom is 0.140 e. The number of nitrogens with one attached hydrogen (secondary N) is 1. The van der Waals surface area contributed by atoms with Gasteiger partial charge in [0, 0.05) is 32.7 Å². The normalized spacial score (nSPS) is 22.2. The Morgan fingerprint density at radius 2 is 2.35 bits per heavy atom. The molecule has 2 rings (SSSR count). The van der Waals surface area contributed by atoms with E-state index in [4.69, 9.17) is 0 Å². The quantitative estimate of drug-likeness (QED) is 0.834. The monoisotopic (exact) mass is 237 g/mol. The molecule has 0 aliphatic carbocycles. The fourth-order valence-electron chi connectivity index (χ4n) is 2.43. The molecular weight excluding hydrogens is 214 g/mol. The molecule has 0 saturated carbocycles. The number of hydrogen-bond acceptors (Lipinski definition) is 4. The average Bonchev–Trinajstić information content (AvgIpc) is 2.67. The second kappa shape index (κ2) is 5.60. The van der Waals surface area contributed by atoms with Crippen molar-refractivity contribution in [2.75, 3.05) is 19.6 Å². The van der Waals surface area contributed by atoms with Crippen molar-refractivity contribution in [2.45, 2.75) is 32.9 Å². The lowest BCUT2D eigenvalue weighted by molar-refractivity contribution is 0.129. The summed E-state index contributed by atoms with van der Waals surface area (Å²) in [4.78, 5) is 6.84. The minimum absolute atomic E-state index is 0.625. The highest BCUT2D eigenvalue weighted by Crippen LogP contribution is 2.15. The van der Waals surface area contributed by atoms with Gasteiger partial charge in [0.2, 0.25) is 0 Å². The molecule has 0 amide bonds. The molecule has 1 aliphatic rings. The summed E-state index contributed by atoms with van der Waals surface area (Å²) in [5, 5.41) is 7.61. The maximum atomic E-state index is 4.31. The van der Waals surface area contributed by atoms with Gasteiger partial charge in [0.05, 0.1) is 6.54 Å². The van der Waals surface area contributed by atoms with E-state index in [9.17, 15) is 0 Å². The van der Waals surface area contributed by atoms with Crippen LogP contribution in [0.3, 0.4) is 0 Å². The molecule has 1 aliphatic heterocycles. The lowest BCUT2D eigenvalue weighted by Gasteiger charge is -2.36. The minimum atomic E-state index is 0.625. The molecule has 1 unspecified atom stereocenters. The van der Waals surface area contributed by atoms with Gasteiger partial charge >= 0.3 is 0 Å². The van der Waals surface area contributed by atoms with Crippen LogP contribution < -0.4 is 5.32 Å².